The van der Waals surface area contributed by atoms with Crippen molar-refractivity contribution in [1.82, 2.24) is 4.57 Å². The fourth-order valence-electron chi connectivity index (χ4n) is 2.18. The normalized spacial score (nSPS) is 10.3. The van der Waals surface area contributed by atoms with Crippen molar-refractivity contribution in [2.24, 2.45) is 0 Å². The molecule has 1 N–H and O–H groups in total. The van der Waals surface area contributed by atoms with E-state index in [1.54, 1.807) is 6.07 Å². The zero-order valence-electron chi connectivity index (χ0n) is 11.7. The summed E-state index contributed by atoms with van der Waals surface area (Å²) in [5.41, 5.74) is 1.54. The van der Waals surface area contributed by atoms with Gasteiger partial charge < -0.3 is 10.0 Å². The van der Waals surface area contributed by atoms with Crippen LogP contribution in [0.3, 0.4) is 0 Å². The highest BCUT2D eigenvalue weighted by atomic mass is 16.4. The predicted octanol–water partition coefficient (Wildman–Crippen LogP) is 1.55. The van der Waals surface area contributed by atoms with E-state index in [9.17, 15) is 9.59 Å². The summed E-state index contributed by atoms with van der Waals surface area (Å²) in [7, 11) is 1.83. The molecule has 0 aliphatic carbocycles. The Hall–Kier alpha value is -2.74. The summed E-state index contributed by atoms with van der Waals surface area (Å²) in [5.74, 6) is 1.65. The van der Waals surface area contributed by atoms with Crippen LogP contribution in [0, 0.1) is 12.3 Å². The van der Waals surface area contributed by atoms with Crippen molar-refractivity contribution in [3.8, 4) is 12.3 Å². The lowest BCUT2D eigenvalue weighted by atomic mass is 10.1. The third-order valence-electron chi connectivity index (χ3n) is 3.32. The largest absolute Gasteiger partial charge is 0.481 e. The van der Waals surface area contributed by atoms with Crippen LogP contribution in [0.1, 0.15) is 6.42 Å². The van der Waals surface area contributed by atoms with Gasteiger partial charge in [0.15, 0.2) is 0 Å². The molecule has 21 heavy (non-hydrogen) atoms. The van der Waals surface area contributed by atoms with Gasteiger partial charge in [-0.25, -0.2) is 0 Å². The minimum atomic E-state index is -0.828. The summed E-state index contributed by atoms with van der Waals surface area (Å²) in [6.45, 7) is 0.648. The number of benzene rings is 1. The second-order valence-corrected chi connectivity index (χ2v) is 4.77. The third-order valence-corrected chi connectivity index (χ3v) is 3.32. The van der Waals surface area contributed by atoms with Gasteiger partial charge in [-0.1, -0.05) is 5.92 Å². The summed E-state index contributed by atoms with van der Waals surface area (Å²) in [6, 6.07) is 8.85. The Kier molecular flexibility index (Phi) is 4.29. The zero-order chi connectivity index (χ0) is 15.4. The lowest BCUT2D eigenvalue weighted by molar-refractivity contribution is -0.136. The van der Waals surface area contributed by atoms with E-state index in [1.807, 2.05) is 30.1 Å². The molecule has 0 saturated heterocycles. The lowest BCUT2D eigenvalue weighted by Gasteiger charge is -2.19. The smallest absolute Gasteiger partial charge is 0.305 e. The molecule has 0 radical (unpaired) electrons. The van der Waals surface area contributed by atoms with Crippen LogP contribution in [0.4, 0.5) is 5.69 Å². The van der Waals surface area contributed by atoms with E-state index in [4.69, 9.17) is 11.5 Å². The number of fused-ring (bicyclic) bond motifs is 1. The molecule has 5 nitrogen and oxygen atoms in total. The number of pyridine rings is 1. The van der Waals surface area contributed by atoms with Gasteiger partial charge in [0.05, 0.1) is 18.5 Å². The number of carboxylic acid groups (broad SMARTS) is 1. The van der Waals surface area contributed by atoms with Gasteiger partial charge in [0.25, 0.3) is 5.56 Å². The fourth-order valence-corrected chi connectivity index (χ4v) is 2.18. The molecule has 0 amide bonds. The van der Waals surface area contributed by atoms with Crippen molar-refractivity contribution in [1.29, 1.82) is 0 Å². The average molecular weight is 284 g/mol. The molecule has 0 atom stereocenters. The van der Waals surface area contributed by atoms with Crippen LogP contribution in [0.2, 0.25) is 0 Å². The number of aliphatic carboxylic acids is 1. The molecule has 0 unspecified atom stereocenters. The van der Waals surface area contributed by atoms with E-state index in [-0.39, 0.29) is 18.5 Å². The Morgan fingerprint density at radius 1 is 1.38 bits per heavy atom. The standard InChI is InChI=1S/C16H16N2O3/c1-3-9-18-14-6-5-13(17(2)10-8-16(20)21)11-12(14)4-7-15(18)19/h1,4-7,11H,8-10H2,2H3,(H,20,21). The molecule has 1 aromatic heterocycles. The van der Waals surface area contributed by atoms with Crippen molar-refractivity contribution >= 4 is 22.6 Å². The number of terminal acetylenes is 1. The zero-order valence-corrected chi connectivity index (χ0v) is 11.7. The van der Waals surface area contributed by atoms with Crippen LogP contribution in [0.15, 0.2) is 35.1 Å². The van der Waals surface area contributed by atoms with Crippen LogP contribution >= 0.6 is 0 Å². The molecular weight excluding hydrogens is 268 g/mol. The second-order valence-electron chi connectivity index (χ2n) is 4.77. The molecular formula is C16H16N2O3. The molecule has 0 saturated carbocycles. The first-order valence-electron chi connectivity index (χ1n) is 6.53. The van der Waals surface area contributed by atoms with Gasteiger partial charge in [0.1, 0.15) is 0 Å². The first-order valence-corrected chi connectivity index (χ1v) is 6.53. The fraction of sp³-hybridized carbons (Fsp3) is 0.250. The highest BCUT2D eigenvalue weighted by Crippen LogP contribution is 2.20. The molecule has 1 heterocycles. The number of aromatic nitrogens is 1. The number of nitrogens with zero attached hydrogens (tertiary/aromatic N) is 2. The Balaban J connectivity index is 2.39. The van der Waals surface area contributed by atoms with Gasteiger partial charge in [-0.05, 0) is 24.3 Å². The van der Waals surface area contributed by atoms with Gasteiger partial charge in [-0.15, -0.1) is 6.42 Å². The van der Waals surface area contributed by atoms with Crippen LogP contribution < -0.4 is 10.5 Å². The van der Waals surface area contributed by atoms with Crippen LogP contribution in [-0.4, -0.2) is 29.2 Å². The first-order chi connectivity index (χ1) is 10.0. The van der Waals surface area contributed by atoms with E-state index < -0.39 is 5.97 Å². The van der Waals surface area contributed by atoms with E-state index in [0.717, 1.165) is 16.6 Å². The van der Waals surface area contributed by atoms with E-state index in [1.165, 1.54) is 10.6 Å². The van der Waals surface area contributed by atoms with Gasteiger partial charge in [0.2, 0.25) is 0 Å². The summed E-state index contributed by atoms with van der Waals surface area (Å²) in [4.78, 5) is 24.3. The minimum Gasteiger partial charge on any atom is -0.481 e. The van der Waals surface area contributed by atoms with Crippen molar-refractivity contribution in [3.63, 3.8) is 0 Å². The lowest BCUT2D eigenvalue weighted by Crippen LogP contribution is -2.21. The summed E-state index contributed by atoms with van der Waals surface area (Å²) in [5, 5.41) is 9.62. The molecule has 1 aromatic carbocycles. The minimum absolute atomic E-state index is 0.0745. The monoisotopic (exact) mass is 284 g/mol. The Morgan fingerprint density at radius 2 is 2.14 bits per heavy atom. The van der Waals surface area contributed by atoms with Crippen molar-refractivity contribution in [3.05, 3.63) is 40.7 Å². The topological polar surface area (TPSA) is 62.5 Å². The maximum absolute atomic E-state index is 11.8. The Bertz CT molecular complexity index is 771. The number of hydrogen-bond donors (Lipinski definition) is 1. The number of rotatable bonds is 5. The predicted molar refractivity (Wildman–Crippen MR) is 82.6 cm³/mol. The van der Waals surface area contributed by atoms with E-state index in [2.05, 4.69) is 5.92 Å². The van der Waals surface area contributed by atoms with Crippen molar-refractivity contribution in [2.45, 2.75) is 13.0 Å². The van der Waals surface area contributed by atoms with Gasteiger partial charge in [0, 0.05) is 30.7 Å². The van der Waals surface area contributed by atoms with Gasteiger partial charge in [-0.3, -0.25) is 14.2 Å². The molecule has 0 fully saturated rings. The number of hydrogen-bond acceptors (Lipinski definition) is 3. The highest BCUT2D eigenvalue weighted by Gasteiger charge is 2.07. The summed E-state index contributed by atoms with van der Waals surface area (Å²) >= 11 is 0. The van der Waals surface area contributed by atoms with Crippen LogP contribution in [-0.2, 0) is 11.3 Å². The highest BCUT2D eigenvalue weighted by molar-refractivity contribution is 5.83. The van der Waals surface area contributed by atoms with Gasteiger partial charge in [-0.2, -0.15) is 0 Å². The van der Waals surface area contributed by atoms with Crippen LogP contribution in [0.25, 0.3) is 10.9 Å². The van der Waals surface area contributed by atoms with Crippen molar-refractivity contribution in [2.75, 3.05) is 18.5 Å². The molecule has 0 aliphatic rings. The van der Waals surface area contributed by atoms with E-state index in [0.29, 0.717) is 6.54 Å². The second kappa shape index (κ2) is 6.14. The van der Waals surface area contributed by atoms with Crippen molar-refractivity contribution < 1.29 is 9.90 Å². The molecule has 2 rings (SSSR count). The molecule has 0 spiro atoms. The average Bonchev–Trinajstić information content (AvgIpc) is 2.47. The molecule has 0 aliphatic heterocycles. The quantitative estimate of drug-likeness (QED) is 0.846. The Labute approximate surface area is 122 Å². The summed E-state index contributed by atoms with van der Waals surface area (Å²) in [6.07, 6.45) is 5.37. The molecule has 5 heteroatoms. The maximum Gasteiger partial charge on any atom is 0.305 e. The Morgan fingerprint density at radius 3 is 2.81 bits per heavy atom. The molecule has 2 aromatic rings. The number of carboxylic acids is 1. The summed E-state index contributed by atoms with van der Waals surface area (Å²) < 4.78 is 1.54. The maximum atomic E-state index is 11.8. The van der Waals surface area contributed by atoms with Crippen LogP contribution in [0.5, 0.6) is 0 Å². The molecule has 108 valence electrons. The number of carbonyl (C=O) groups is 1. The SMILES string of the molecule is C#CCn1c(=O)ccc2cc(N(C)CCC(=O)O)ccc21. The van der Waals surface area contributed by atoms with E-state index >= 15 is 0 Å². The molecule has 0 bridgehead atoms. The van der Waals surface area contributed by atoms with Gasteiger partial charge >= 0.3 is 5.97 Å². The third kappa shape index (κ3) is 3.23. The number of anilines is 1. The first kappa shape index (κ1) is 14.7.